The highest BCUT2D eigenvalue weighted by molar-refractivity contribution is 5.76. The van der Waals surface area contributed by atoms with Crippen LogP contribution in [0, 0.1) is 11.2 Å². The van der Waals surface area contributed by atoms with E-state index in [1.807, 2.05) is 17.7 Å². The molecule has 0 saturated heterocycles. The molecule has 1 heterocycles. The van der Waals surface area contributed by atoms with E-state index in [-0.39, 0.29) is 17.3 Å². The number of nitrogens with two attached hydrogens (primary N) is 1. The van der Waals surface area contributed by atoms with Gasteiger partial charge in [-0.3, -0.25) is 0 Å². The maximum absolute atomic E-state index is 13.7. The normalized spacial score (nSPS) is 14.0. The van der Waals surface area contributed by atoms with E-state index in [1.165, 1.54) is 6.07 Å². The molecular weight excluding hydrogens is 241 g/mol. The lowest BCUT2D eigenvalue weighted by molar-refractivity contribution is 0.335. The maximum atomic E-state index is 13.7. The predicted octanol–water partition coefficient (Wildman–Crippen LogP) is 3.02. The van der Waals surface area contributed by atoms with Crippen molar-refractivity contribution < 1.29 is 4.39 Å². The first-order chi connectivity index (χ1) is 8.78. The van der Waals surface area contributed by atoms with Gasteiger partial charge in [-0.25, -0.2) is 9.37 Å². The molecule has 1 unspecified atom stereocenters. The van der Waals surface area contributed by atoms with Crippen molar-refractivity contribution in [3.63, 3.8) is 0 Å². The van der Waals surface area contributed by atoms with Crippen LogP contribution in [0.25, 0.3) is 11.0 Å². The number of hydrogen-bond donors (Lipinski definition) is 1. The summed E-state index contributed by atoms with van der Waals surface area (Å²) >= 11 is 0. The number of imidazole rings is 1. The van der Waals surface area contributed by atoms with Crippen LogP contribution in [-0.2, 0) is 13.5 Å². The van der Waals surface area contributed by atoms with Crippen molar-refractivity contribution in [2.24, 2.45) is 18.2 Å². The topological polar surface area (TPSA) is 43.8 Å². The smallest absolute Gasteiger partial charge is 0.151 e. The fourth-order valence-electron chi connectivity index (χ4n) is 2.50. The second-order valence-corrected chi connectivity index (χ2v) is 6.42. The molecule has 0 aliphatic heterocycles. The lowest BCUT2D eigenvalue weighted by Gasteiger charge is -2.22. The summed E-state index contributed by atoms with van der Waals surface area (Å²) in [7, 11) is 1.91. The lowest BCUT2D eigenvalue weighted by Crippen LogP contribution is -2.29. The number of nitrogens with zero attached hydrogens (tertiary/aromatic N) is 2. The first-order valence-electron chi connectivity index (χ1n) is 6.63. The number of aryl methyl sites for hydroxylation is 1. The average molecular weight is 263 g/mol. The summed E-state index contributed by atoms with van der Waals surface area (Å²) in [6, 6.07) is 5.06. The fourth-order valence-corrected chi connectivity index (χ4v) is 2.50. The lowest BCUT2D eigenvalue weighted by atomic mass is 9.87. The van der Waals surface area contributed by atoms with E-state index in [0.717, 1.165) is 17.8 Å². The van der Waals surface area contributed by atoms with Crippen LogP contribution >= 0.6 is 0 Å². The summed E-state index contributed by atoms with van der Waals surface area (Å²) in [5.74, 6) is 0.570. The van der Waals surface area contributed by atoms with E-state index < -0.39 is 0 Å². The first kappa shape index (κ1) is 14.0. The molecule has 0 aliphatic carbocycles. The minimum absolute atomic E-state index is 0.0403. The molecule has 4 heteroatoms. The van der Waals surface area contributed by atoms with E-state index >= 15 is 0 Å². The number of aromatic nitrogens is 2. The number of fused-ring (bicyclic) bond motifs is 1. The summed E-state index contributed by atoms with van der Waals surface area (Å²) in [6.07, 6.45) is 1.58. The third kappa shape index (κ3) is 3.13. The quantitative estimate of drug-likeness (QED) is 0.925. The van der Waals surface area contributed by atoms with Crippen molar-refractivity contribution in [3.8, 4) is 0 Å². The molecule has 104 valence electrons. The van der Waals surface area contributed by atoms with Crippen LogP contribution in [0.5, 0.6) is 0 Å². The standard InChI is InChI=1S/C15H22FN3/c1-15(2,3)9-10(17)8-13-18-14-11(16)6-5-7-12(14)19(13)4/h5-7,10H,8-9,17H2,1-4H3. The van der Waals surface area contributed by atoms with Gasteiger partial charge in [0.1, 0.15) is 11.3 Å². The van der Waals surface area contributed by atoms with Gasteiger partial charge in [0, 0.05) is 19.5 Å². The summed E-state index contributed by atoms with van der Waals surface area (Å²) in [5, 5.41) is 0. The van der Waals surface area contributed by atoms with Crippen LogP contribution in [0.4, 0.5) is 4.39 Å². The summed E-state index contributed by atoms with van der Waals surface area (Å²) < 4.78 is 15.6. The van der Waals surface area contributed by atoms with E-state index in [1.54, 1.807) is 6.07 Å². The van der Waals surface area contributed by atoms with Crippen molar-refractivity contribution in [2.45, 2.75) is 39.7 Å². The second kappa shape index (κ2) is 4.93. The number of hydrogen-bond acceptors (Lipinski definition) is 2. The van der Waals surface area contributed by atoms with E-state index in [9.17, 15) is 4.39 Å². The van der Waals surface area contributed by atoms with Gasteiger partial charge in [0.15, 0.2) is 5.82 Å². The van der Waals surface area contributed by atoms with Crippen LogP contribution in [0.1, 0.15) is 33.0 Å². The Bertz CT molecular complexity index is 581. The van der Waals surface area contributed by atoms with Crippen molar-refractivity contribution in [1.29, 1.82) is 0 Å². The van der Waals surface area contributed by atoms with Crippen LogP contribution in [-0.4, -0.2) is 15.6 Å². The van der Waals surface area contributed by atoms with Crippen LogP contribution in [0.2, 0.25) is 0 Å². The Labute approximate surface area is 113 Å². The monoisotopic (exact) mass is 263 g/mol. The largest absolute Gasteiger partial charge is 0.331 e. The first-order valence-corrected chi connectivity index (χ1v) is 6.63. The Hall–Kier alpha value is -1.42. The molecule has 0 fully saturated rings. The molecule has 0 aliphatic rings. The summed E-state index contributed by atoms with van der Waals surface area (Å²) in [4.78, 5) is 4.39. The summed E-state index contributed by atoms with van der Waals surface area (Å²) in [6.45, 7) is 6.50. The van der Waals surface area contributed by atoms with Gasteiger partial charge in [-0.15, -0.1) is 0 Å². The maximum Gasteiger partial charge on any atom is 0.151 e. The molecule has 0 spiro atoms. The molecule has 19 heavy (non-hydrogen) atoms. The van der Waals surface area contributed by atoms with Gasteiger partial charge >= 0.3 is 0 Å². The van der Waals surface area contributed by atoms with Crippen LogP contribution < -0.4 is 5.73 Å². The molecule has 2 N–H and O–H groups in total. The zero-order chi connectivity index (χ0) is 14.2. The Morgan fingerprint density at radius 2 is 2.05 bits per heavy atom. The van der Waals surface area contributed by atoms with Gasteiger partial charge in [-0.05, 0) is 24.0 Å². The minimum Gasteiger partial charge on any atom is -0.331 e. The number of halogens is 1. The number of benzene rings is 1. The highest BCUT2D eigenvalue weighted by Gasteiger charge is 2.19. The zero-order valence-corrected chi connectivity index (χ0v) is 12.1. The molecule has 1 aromatic carbocycles. The zero-order valence-electron chi connectivity index (χ0n) is 12.1. The molecule has 0 radical (unpaired) electrons. The van der Waals surface area contributed by atoms with Crippen molar-refractivity contribution in [1.82, 2.24) is 9.55 Å². The third-order valence-corrected chi connectivity index (χ3v) is 3.27. The molecule has 1 atom stereocenters. The van der Waals surface area contributed by atoms with Crippen LogP contribution in [0.3, 0.4) is 0 Å². The van der Waals surface area contributed by atoms with E-state index in [4.69, 9.17) is 5.73 Å². The van der Waals surface area contributed by atoms with Crippen molar-refractivity contribution >= 4 is 11.0 Å². The highest BCUT2D eigenvalue weighted by atomic mass is 19.1. The van der Waals surface area contributed by atoms with Gasteiger partial charge in [-0.2, -0.15) is 0 Å². The molecule has 2 rings (SSSR count). The number of rotatable bonds is 3. The Kier molecular flexibility index (Phi) is 3.63. The molecular formula is C15H22FN3. The molecule has 0 amide bonds. The summed E-state index contributed by atoms with van der Waals surface area (Å²) in [5.41, 5.74) is 7.61. The molecule has 3 nitrogen and oxygen atoms in total. The van der Waals surface area contributed by atoms with Gasteiger partial charge < -0.3 is 10.3 Å². The second-order valence-electron chi connectivity index (χ2n) is 6.42. The molecule has 0 bridgehead atoms. The Balaban J connectivity index is 2.26. The Morgan fingerprint density at radius 3 is 2.63 bits per heavy atom. The van der Waals surface area contributed by atoms with Gasteiger partial charge in [0.25, 0.3) is 0 Å². The molecule has 2 aromatic rings. The predicted molar refractivity (Wildman–Crippen MR) is 76.4 cm³/mol. The van der Waals surface area contributed by atoms with Gasteiger partial charge in [0.2, 0.25) is 0 Å². The van der Waals surface area contributed by atoms with E-state index in [0.29, 0.717) is 11.9 Å². The third-order valence-electron chi connectivity index (χ3n) is 3.27. The van der Waals surface area contributed by atoms with Crippen molar-refractivity contribution in [2.75, 3.05) is 0 Å². The van der Waals surface area contributed by atoms with Gasteiger partial charge in [-0.1, -0.05) is 26.8 Å². The van der Waals surface area contributed by atoms with E-state index in [2.05, 4.69) is 25.8 Å². The molecule has 1 aromatic heterocycles. The van der Waals surface area contributed by atoms with Crippen molar-refractivity contribution in [3.05, 3.63) is 29.8 Å². The molecule has 0 saturated carbocycles. The van der Waals surface area contributed by atoms with Gasteiger partial charge in [0.05, 0.1) is 5.52 Å². The number of para-hydroxylation sites is 1. The average Bonchev–Trinajstić information content (AvgIpc) is 2.56. The minimum atomic E-state index is -0.274. The fraction of sp³-hybridized carbons (Fsp3) is 0.533. The van der Waals surface area contributed by atoms with Crippen LogP contribution in [0.15, 0.2) is 18.2 Å². The SMILES string of the molecule is Cn1c(CC(N)CC(C)(C)C)nc2c(F)cccc21. The Morgan fingerprint density at radius 1 is 1.37 bits per heavy atom. The highest BCUT2D eigenvalue weighted by Crippen LogP contribution is 2.23.